The van der Waals surface area contributed by atoms with Gasteiger partial charge in [-0.3, -0.25) is 0 Å². The van der Waals surface area contributed by atoms with Gasteiger partial charge in [-0.05, 0) is 0 Å². The second-order valence-corrected chi connectivity index (χ2v) is 16.8. The zero-order chi connectivity index (χ0) is 22.8. The van der Waals surface area contributed by atoms with Crippen LogP contribution in [0.4, 0.5) is 0 Å². The SMILES string of the molecule is c1ccc(C2=c3[se]c4c5c3C3([Se]2)c2ccccc2C5([Se]C=4c2ccccc2)c2ccccc23)cc1. The maximum absolute atomic E-state index is 2.48. The van der Waals surface area contributed by atoms with E-state index in [1.165, 1.54) is 11.1 Å². The Hall–Kier alpha value is -2.34. The van der Waals surface area contributed by atoms with Crippen LogP contribution in [-0.2, 0) is 8.63 Å². The molecule has 35 heavy (non-hydrogen) atoms. The van der Waals surface area contributed by atoms with Gasteiger partial charge in [-0.2, -0.15) is 0 Å². The molecule has 0 radical (unpaired) electrons. The van der Waals surface area contributed by atoms with Crippen LogP contribution in [0, 0.1) is 0 Å². The van der Waals surface area contributed by atoms with E-state index in [1.807, 2.05) is 0 Å². The molecule has 164 valence electrons. The molecule has 2 spiro atoms. The molecule has 0 amide bonds. The molecule has 3 heteroatoms. The molecule has 2 bridgehead atoms. The Labute approximate surface area is 222 Å². The van der Waals surface area contributed by atoms with Crippen LogP contribution >= 0.6 is 0 Å². The topological polar surface area (TPSA) is 0 Å². The van der Waals surface area contributed by atoms with Crippen LogP contribution in [0.25, 0.3) is 8.94 Å². The van der Waals surface area contributed by atoms with E-state index in [1.54, 1.807) is 50.5 Å². The number of rotatable bonds is 2. The van der Waals surface area contributed by atoms with Crippen LogP contribution in [0.3, 0.4) is 0 Å². The average molecular weight is 639 g/mol. The third-order valence-electron chi connectivity index (χ3n) is 7.98. The molecule has 3 aliphatic carbocycles. The molecule has 2 aliphatic heterocycles. The van der Waals surface area contributed by atoms with Crippen LogP contribution in [0.2, 0.25) is 0 Å². The molecule has 5 aliphatic rings. The molecule has 0 nitrogen and oxygen atoms in total. The van der Waals surface area contributed by atoms with E-state index in [-0.39, 0.29) is 8.63 Å². The van der Waals surface area contributed by atoms with Crippen molar-refractivity contribution in [3.8, 4) is 0 Å². The molecule has 0 saturated carbocycles. The molecule has 3 heterocycles. The first-order chi connectivity index (χ1) is 17.3. The predicted molar refractivity (Wildman–Crippen MR) is 145 cm³/mol. The van der Waals surface area contributed by atoms with E-state index in [0.29, 0.717) is 44.4 Å². The van der Waals surface area contributed by atoms with Crippen molar-refractivity contribution in [1.82, 2.24) is 0 Å². The van der Waals surface area contributed by atoms with E-state index in [0.717, 1.165) is 0 Å². The van der Waals surface area contributed by atoms with Crippen LogP contribution in [0.1, 0.15) is 44.5 Å². The summed E-state index contributed by atoms with van der Waals surface area (Å²) >= 11 is 0.999. The first kappa shape index (κ1) is 19.8. The standard InChI is InChI=1S/C32H18Se3/c1-3-11-19(12-4-1)27-29-25-26-30(33-29)28(20-13-5-2-6-14-20)35-32(26)23-17-9-7-15-21(23)31(25,34-27)22-16-8-10-18-24(22)32/h1-18H. The summed E-state index contributed by atoms with van der Waals surface area (Å²) in [5.74, 6) is 0. The zero-order valence-electron chi connectivity index (χ0n) is 18.6. The van der Waals surface area contributed by atoms with Crippen molar-refractivity contribution in [1.29, 1.82) is 0 Å². The molecule has 0 atom stereocenters. The van der Waals surface area contributed by atoms with Gasteiger partial charge in [0.1, 0.15) is 0 Å². The Kier molecular flexibility index (Phi) is 3.79. The minimum absolute atomic E-state index is 0.0312. The van der Waals surface area contributed by atoms with Gasteiger partial charge in [0.2, 0.25) is 0 Å². The van der Waals surface area contributed by atoms with Gasteiger partial charge in [-0.1, -0.05) is 0 Å². The quantitative estimate of drug-likeness (QED) is 0.259. The van der Waals surface area contributed by atoms with Crippen molar-refractivity contribution in [2.45, 2.75) is 8.63 Å². The van der Waals surface area contributed by atoms with Crippen molar-refractivity contribution in [3.63, 3.8) is 0 Å². The summed E-state index contributed by atoms with van der Waals surface area (Å²) in [7, 11) is 0. The number of hydrogen-bond donors (Lipinski definition) is 0. The van der Waals surface area contributed by atoms with Crippen LogP contribution in [0.5, 0.6) is 0 Å². The maximum atomic E-state index is 2.48. The first-order valence-corrected chi connectivity index (χ1v) is 17.1. The Morgan fingerprint density at radius 1 is 0.400 bits per heavy atom. The van der Waals surface area contributed by atoms with Crippen molar-refractivity contribution in [2.75, 3.05) is 0 Å². The monoisotopic (exact) mass is 642 g/mol. The molecule has 0 unspecified atom stereocenters. The van der Waals surface area contributed by atoms with E-state index in [4.69, 9.17) is 0 Å². The molecule has 4 aromatic carbocycles. The van der Waals surface area contributed by atoms with Gasteiger partial charge in [-0.15, -0.1) is 0 Å². The van der Waals surface area contributed by atoms with Crippen LogP contribution < -0.4 is 8.19 Å². The third-order valence-corrected chi connectivity index (χ3v) is 18.5. The Morgan fingerprint density at radius 3 is 1.11 bits per heavy atom. The number of benzene rings is 4. The van der Waals surface area contributed by atoms with Gasteiger partial charge in [0.15, 0.2) is 0 Å². The summed E-state index contributed by atoms with van der Waals surface area (Å²) in [5.41, 5.74) is 12.8. The Bertz CT molecular complexity index is 1660. The summed E-state index contributed by atoms with van der Waals surface area (Å²) in [5, 5.41) is 0. The molecule has 0 N–H and O–H groups in total. The summed E-state index contributed by atoms with van der Waals surface area (Å²) in [4.78, 5) is 0. The second-order valence-electron chi connectivity index (χ2n) is 9.56. The van der Waals surface area contributed by atoms with Crippen molar-refractivity contribution >= 4 is 53.4 Å². The molecule has 10 rings (SSSR count). The minimum atomic E-state index is 0.0312. The Balaban J connectivity index is 1.52. The predicted octanol–water partition coefficient (Wildman–Crippen LogP) is 3.70. The van der Waals surface area contributed by atoms with Crippen LogP contribution in [-0.4, -0.2) is 44.4 Å². The third kappa shape index (κ3) is 2.16. The van der Waals surface area contributed by atoms with E-state index in [2.05, 4.69) is 109 Å². The van der Waals surface area contributed by atoms with Gasteiger partial charge < -0.3 is 0 Å². The zero-order valence-corrected chi connectivity index (χ0v) is 23.8. The number of hydrogen-bond acceptors (Lipinski definition) is 0. The van der Waals surface area contributed by atoms with Crippen molar-refractivity contribution in [2.24, 2.45) is 0 Å². The fraction of sp³-hybridized carbons (Fsp3) is 0.0625. The average Bonchev–Trinajstić information content (AvgIpc) is 3.59. The Morgan fingerprint density at radius 2 is 0.743 bits per heavy atom. The van der Waals surface area contributed by atoms with Gasteiger partial charge >= 0.3 is 224 Å². The molecular formula is C32H18Se3. The molecule has 1 aromatic heterocycles. The summed E-state index contributed by atoms with van der Waals surface area (Å²) in [6.45, 7) is 0. The van der Waals surface area contributed by atoms with Gasteiger partial charge in [0.05, 0.1) is 0 Å². The van der Waals surface area contributed by atoms with Crippen LogP contribution in [0.15, 0.2) is 109 Å². The normalized spacial score (nSPS) is 23.9. The summed E-state index contributed by atoms with van der Waals surface area (Å²) < 4.78 is 6.80. The van der Waals surface area contributed by atoms with E-state index in [9.17, 15) is 0 Å². The van der Waals surface area contributed by atoms with E-state index >= 15 is 0 Å². The summed E-state index contributed by atoms with van der Waals surface area (Å²) in [6.07, 6.45) is 0. The fourth-order valence-corrected chi connectivity index (χ4v) is 18.9. The van der Waals surface area contributed by atoms with Gasteiger partial charge in [-0.25, -0.2) is 0 Å². The van der Waals surface area contributed by atoms with E-state index < -0.39 is 0 Å². The molecule has 5 aromatic rings. The molecule has 0 saturated heterocycles. The van der Waals surface area contributed by atoms with Gasteiger partial charge in [0, 0.05) is 0 Å². The molecular weight excluding hydrogens is 621 g/mol. The molecule has 0 fully saturated rings. The van der Waals surface area contributed by atoms with Crippen molar-refractivity contribution < 1.29 is 0 Å². The van der Waals surface area contributed by atoms with Gasteiger partial charge in [0.25, 0.3) is 0 Å². The van der Waals surface area contributed by atoms with Crippen molar-refractivity contribution in [3.05, 3.63) is 162 Å². The second kappa shape index (κ2) is 6.70. The summed E-state index contributed by atoms with van der Waals surface area (Å²) in [6, 6.07) is 41.7. The first-order valence-electron chi connectivity index (χ1n) is 12.0. The fourth-order valence-electron chi connectivity index (χ4n) is 6.73.